The van der Waals surface area contributed by atoms with Gasteiger partial charge in [0.15, 0.2) is 0 Å². The van der Waals surface area contributed by atoms with Crippen molar-refractivity contribution in [3.8, 4) is 0 Å². The molecular formula is C10H8N2O. The lowest BCUT2D eigenvalue weighted by atomic mass is 10.1. The van der Waals surface area contributed by atoms with E-state index >= 15 is 0 Å². The van der Waals surface area contributed by atoms with Crippen LogP contribution in [0.25, 0.3) is 10.9 Å². The van der Waals surface area contributed by atoms with Crippen molar-refractivity contribution in [3.05, 3.63) is 35.9 Å². The second-order valence-electron chi connectivity index (χ2n) is 2.81. The molecule has 0 atom stereocenters. The number of hydrogen-bond acceptors (Lipinski definition) is 3. The summed E-state index contributed by atoms with van der Waals surface area (Å²) in [6, 6.07) is 8.87. The number of nitrogen functional groups attached to an aromatic ring is 1. The number of hydrogen-bond donors (Lipinski definition) is 1. The lowest BCUT2D eigenvalue weighted by molar-refractivity contribution is 0.112. The fourth-order valence-electron chi connectivity index (χ4n) is 1.23. The highest BCUT2D eigenvalue weighted by Crippen LogP contribution is 2.14. The molecule has 0 saturated heterocycles. The van der Waals surface area contributed by atoms with Crippen molar-refractivity contribution in [2.24, 2.45) is 0 Å². The molecule has 0 bridgehead atoms. The summed E-state index contributed by atoms with van der Waals surface area (Å²) in [6.07, 6.45) is 0.815. The van der Waals surface area contributed by atoms with Crippen LogP contribution >= 0.6 is 0 Å². The summed E-state index contributed by atoms with van der Waals surface area (Å²) < 4.78 is 0. The molecule has 0 saturated carbocycles. The van der Waals surface area contributed by atoms with Gasteiger partial charge in [0.05, 0.1) is 5.52 Å². The average Bonchev–Trinajstić information content (AvgIpc) is 2.17. The van der Waals surface area contributed by atoms with Crippen molar-refractivity contribution in [1.82, 2.24) is 4.98 Å². The zero-order valence-electron chi connectivity index (χ0n) is 6.90. The van der Waals surface area contributed by atoms with Gasteiger partial charge in [0.2, 0.25) is 0 Å². The van der Waals surface area contributed by atoms with E-state index in [2.05, 4.69) is 4.98 Å². The first-order valence-electron chi connectivity index (χ1n) is 3.91. The van der Waals surface area contributed by atoms with Crippen LogP contribution in [0.1, 0.15) is 10.4 Å². The summed E-state index contributed by atoms with van der Waals surface area (Å²) in [6.45, 7) is 0. The molecule has 0 spiro atoms. The molecular weight excluding hydrogens is 164 g/mol. The number of carbonyl (C=O) groups excluding carboxylic acids is 1. The Balaban J connectivity index is 2.73. The van der Waals surface area contributed by atoms with Gasteiger partial charge in [0, 0.05) is 10.9 Å². The molecule has 2 N–H and O–H groups in total. The van der Waals surface area contributed by atoms with Gasteiger partial charge in [-0.3, -0.25) is 4.79 Å². The van der Waals surface area contributed by atoms with Crippen LogP contribution in [0.2, 0.25) is 0 Å². The Labute approximate surface area is 75.2 Å². The van der Waals surface area contributed by atoms with E-state index in [4.69, 9.17) is 5.73 Å². The highest BCUT2D eigenvalue weighted by atomic mass is 16.1. The molecule has 3 heteroatoms. The molecule has 2 aromatic rings. The van der Waals surface area contributed by atoms with Gasteiger partial charge in [-0.25, -0.2) is 4.98 Å². The van der Waals surface area contributed by atoms with Gasteiger partial charge in [-0.05, 0) is 30.3 Å². The maximum absolute atomic E-state index is 10.5. The molecule has 0 fully saturated rings. The third kappa shape index (κ3) is 1.36. The quantitative estimate of drug-likeness (QED) is 0.665. The topological polar surface area (TPSA) is 56.0 Å². The first-order valence-corrected chi connectivity index (χ1v) is 3.91. The van der Waals surface area contributed by atoms with E-state index in [0.717, 1.165) is 17.2 Å². The Kier molecular flexibility index (Phi) is 1.70. The molecule has 1 heterocycles. The van der Waals surface area contributed by atoms with Gasteiger partial charge in [0.25, 0.3) is 0 Å². The molecule has 0 unspecified atom stereocenters. The van der Waals surface area contributed by atoms with Gasteiger partial charge in [-0.1, -0.05) is 0 Å². The minimum Gasteiger partial charge on any atom is -0.384 e. The van der Waals surface area contributed by atoms with Crippen LogP contribution in [0.3, 0.4) is 0 Å². The highest BCUT2D eigenvalue weighted by molar-refractivity contribution is 5.87. The molecule has 0 amide bonds. The van der Waals surface area contributed by atoms with Crippen LogP contribution in [-0.4, -0.2) is 11.3 Å². The summed E-state index contributed by atoms with van der Waals surface area (Å²) >= 11 is 0. The number of nitrogens with zero attached hydrogens (tertiary/aromatic N) is 1. The summed E-state index contributed by atoms with van der Waals surface area (Å²) in [5.74, 6) is 0.492. The molecule has 0 aliphatic rings. The molecule has 2 rings (SSSR count). The number of aromatic nitrogens is 1. The van der Waals surface area contributed by atoms with Gasteiger partial charge in [-0.15, -0.1) is 0 Å². The number of benzene rings is 1. The minimum absolute atomic E-state index is 0.492. The van der Waals surface area contributed by atoms with E-state index in [1.807, 2.05) is 6.07 Å². The van der Waals surface area contributed by atoms with E-state index in [9.17, 15) is 4.79 Å². The highest BCUT2D eigenvalue weighted by Gasteiger charge is 1.96. The zero-order chi connectivity index (χ0) is 9.26. The van der Waals surface area contributed by atoms with Crippen molar-refractivity contribution in [3.63, 3.8) is 0 Å². The number of aldehydes is 1. The second-order valence-corrected chi connectivity index (χ2v) is 2.81. The number of carbonyl (C=O) groups is 1. The van der Waals surface area contributed by atoms with E-state index in [-0.39, 0.29) is 0 Å². The fraction of sp³-hybridized carbons (Fsp3) is 0. The maximum Gasteiger partial charge on any atom is 0.150 e. The van der Waals surface area contributed by atoms with Gasteiger partial charge in [0.1, 0.15) is 12.1 Å². The van der Waals surface area contributed by atoms with Crippen LogP contribution in [0.4, 0.5) is 5.82 Å². The van der Waals surface area contributed by atoms with Crippen LogP contribution in [0, 0.1) is 0 Å². The number of rotatable bonds is 1. The molecule has 1 aromatic carbocycles. The lowest BCUT2D eigenvalue weighted by Crippen LogP contribution is -1.90. The monoisotopic (exact) mass is 172 g/mol. The van der Waals surface area contributed by atoms with Crippen molar-refractivity contribution in [2.45, 2.75) is 0 Å². The maximum atomic E-state index is 10.5. The zero-order valence-corrected chi connectivity index (χ0v) is 6.90. The summed E-state index contributed by atoms with van der Waals surface area (Å²) in [7, 11) is 0. The average molecular weight is 172 g/mol. The third-order valence-electron chi connectivity index (χ3n) is 1.87. The summed E-state index contributed by atoms with van der Waals surface area (Å²) in [5, 5.41) is 0.929. The summed E-state index contributed by atoms with van der Waals surface area (Å²) in [5.41, 5.74) is 6.98. The molecule has 3 nitrogen and oxygen atoms in total. The molecule has 64 valence electrons. The van der Waals surface area contributed by atoms with Crippen molar-refractivity contribution >= 4 is 23.0 Å². The Bertz CT molecular complexity index is 465. The minimum atomic E-state index is 0.492. The third-order valence-corrected chi connectivity index (χ3v) is 1.87. The Morgan fingerprint density at radius 1 is 1.23 bits per heavy atom. The standard InChI is InChI=1S/C10H8N2O/c11-10-4-2-8-5-7(6-13)1-3-9(8)12-10/h1-6H,(H2,11,12). The fourth-order valence-corrected chi connectivity index (χ4v) is 1.23. The predicted octanol–water partition coefficient (Wildman–Crippen LogP) is 1.63. The van der Waals surface area contributed by atoms with Gasteiger partial charge < -0.3 is 5.73 Å². The smallest absolute Gasteiger partial charge is 0.150 e. The number of anilines is 1. The first-order chi connectivity index (χ1) is 6.29. The molecule has 13 heavy (non-hydrogen) atoms. The predicted molar refractivity (Wildman–Crippen MR) is 51.5 cm³/mol. The van der Waals surface area contributed by atoms with Crippen molar-refractivity contribution in [1.29, 1.82) is 0 Å². The van der Waals surface area contributed by atoms with E-state index in [1.165, 1.54) is 0 Å². The van der Waals surface area contributed by atoms with Crippen LogP contribution in [-0.2, 0) is 0 Å². The number of pyridine rings is 1. The number of fused-ring (bicyclic) bond motifs is 1. The van der Waals surface area contributed by atoms with E-state index in [1.54, 1.807) is 24.3 Å². The van der Waals surface area contributed by atoms with E-state index < -0.39 is 0 Å². The van der Waals surface area contributed by atoms with Gasteiger partial charge >= 0.3 is 0 Å². The second kappa shape index (κ2) is 2.86. The molecule has 1 aromatic heterocycles. The largest absolute Gasteiger partial charge is 0.384 e. The van der Waals surface area contributed by atoms with Crippen LogP contribution < -0.4 is 5.73 Å². The molecule has 0 radical (unpaired) electrons. The first kappa shape index (κ1) is 7.73. The normalized spacial score (nSPS) is 10.2. The Hall–Kier alpha value is -1.90. The van der Waals surface area contributed by atoms with Gasteiger partial charge in [-0.2, -0.15) is 0 Å². The SMILES string of the molecule is Nc1ccc2cc(C=O)ccc2n1. The van der Waals surface area contributed by atoms with Crippen LogP contribution in [0.5, 0.6) is 0 Å². The van der Waals surface area contributed by atoms with Crippen LogP contribution in [0.15, 0.2) is 30.3 Å². The van der Waals surface area contributed by atoms with E-state index in [0.29, 0.717) is 11.4 Å². The molecule has 0 aliphatic carbocycles. The number of nitrogens with two attached hydrogens (primary N) is 1. The Morgan fingerprint density at radius 3 is 2.85 bits per heavy atom. The summed E-state index contributed by atoms with van der Waals surface area (Å²) in [4.78, 5) is 14.6. The molecule has 0 aliphatic heterocycles. The van der Waals surface area contributed by atoms with Crippen molar-refractivity contribution < 1.29 is 4.79 Å². The van der Waals surface area contributed by atoms with Crippen molar-refractivity contribution in [2.75, 3.05) is 5.73 Å². The lowest BCUT2D eigenvalue weighted by Gasteiger charge is -1.98. The Morgan fingerprint density at radius 2 is 2.08 bits per heavy atom.